The van der Waals surface area contributed by atoms with E-state index in [2.05, 4.69) is 4.98 Å². The van der Waals surface area contributed by atoms with Crippen molar-refractivity contribution in [1.82, 2.24) is 4.98 Å². The molecule has 20 heavy (non-hydrogen) atoms. The first-order chi connectivity index (χ1) is 9.27. The molecular weight excluding hydrogens is 305 g/mol. The molecule has 2 nitrogen and oxygen atoms in total. The lowest BCUT2D eigenvalue weighted by Gasteiger charge is -2.10. The number of hydrogen-bond acceptors (Lipinski definition) is 2. The molecule has 0 amide bonds. The van der Waals surface area contributed by atoms with Crippen LogP contribution in [0.1, 0.15) is 5.69 Å². The standard InChI is InChI=1S/C12H5ClF5NO/c13-6-4-7(14)11(8(15)5-6)20-10-3-1-2-9(19-10)12(16,17)18/h1-5H. The molecule has 0 saturated carbocycles. The molecule has 2 rings (SSSR count). The van der Waals surface area contributed by atoms with Crippen LogP contribution in [-0.2, 0) is 6.18 Å². The van der Waals surface area contributed by atoms with Crippen molar-refractivity contribution in [3.05, 3.63) is 52.7 Å². The average Bonchev–Trinajstić information content (AvgIpc) is 2.33. The van der Waals surface area contributed by atoms with E-state index in [9.17, 15) is 22.0 Å². The summed E-state index contributed by atoms with van der Waals surface area (Å²) in [6.45, 7) is 0. The van der Waals surface area contributed by atoms with E-state index in [1.54, 1.807) is 0 Å². The Labute approximate surface area is 114 Å². The highest BCUT2D eigenvalue weighted by molar-refractivity contribution is 6.30. The zero-order chi connectivity index (χ0) is 14.9. The molecule has 0 atom stereocenters. The maximum Gasteiger partial charge on any atom is 0.433 e. The number of alkyl halides is 3. The minimum atomic E-state index is -4.68. The van der Waals surface area contributed by atoms with Gasteiger partial charge in [0.15, 0.2) is 11.6 Å². The Morgan fingerprint density at radius 1 is 1.05 bits per heavy atom. The van der Waals surface area contributed by atoms with E-state index in [0.717, 1.165) is 24.3 Å². The minimum absolute atomic E-state index is 0.204. The fraction of sp³-hybridized carbons (Fsp3) is 0.0833. The van der Waals surface area contributed by atoms with E-state index in [-0.39, 0.29) is 5.02 Å². The summed E-state index contributed by atoms with van der Waals surface area (Å²) in [5.41, 5.74) is -1.23. The predicted molar refractivity (Wildman–Crippen MR) is 60.7 cm³/mol. The average molecular weight is 310 g/mol. The summed E-state index contributed by atoms with van der Waals surface area (Å²) >= 11 is 5.41. The van der Waals surface area contributed by atoms with Gasteiger partial charge in [-0.15, -0.1) is 0 Å². The van der Waals surface area contributed by atoms with Crippen LogP contribution in [0.2, 0.25) is 5.02 Å². The third-order valence-electron chi connectivity index (χ3n) is 2.18. The molecule has 0 saturated heterocycles. The first-order valence-electron chi connectivity index (χ1n) is 5.14. The molecule has 106 valence electrons. The SMILES string of the molecule is Fc1cc(Cl)cc(F)c1Oc1cccc(C(F)(F)F)n1. The third-order valence-corrected chi connectivity index (χ3v) is 2.40. The highest BCUT2D eigenvalue weighted by Crippen LogP contribution is 2.32. The van der Waals surface area contributed by atoms with Crippen molar-refractivity contribution in [3.63, 3.8) is 0 Å². The summed E-state index contributed by atoms with van der Waals surface area (Å²) in [5.74, 6) is -3.75. The van der Waals surface area contributed by atoms with Crippen molar-refractivity contribution < 1.29 is 26.7 Å². The van der Waals surface area contributed by atoms with Crippen molar-refractivity contribution in [3.8, 4) is 11.6 Å². The maximum absolute atomic E-state index is 13.4. The van der Waals surface area contributed by atoms with Gasteiger partial charge in [0, 0.05) is 11.1 Å². The number of hydrogen-bond donors (Lipinski definition) is 0. The van der Waals surface area contributed by atoms with Crippen LogP contribution in [0.3, 0.4) is 0 Å². The topological polar surface area (TPSA) is 22.1 Å². The van der Waals surface area contributed by atoms with E-state index in [1.165, 1.54) is 0 Å². The Morgan fingerprint density at radius 3 is 2.20 bits per heavy atom. The molecule has 0 aliphatic heterocycles. The van der Waals surface area contributed by atoms with Gasteiger partial charge in [-0.05, 0) is 18.2 Å². The maximum atomic E-state index is 13.4. The van der Waals surface area contributed by atoms with E-state index >= 15 is 0 Å². The molecule has 1 heterocycles. The second-order valence-electron chi connectivity index (χ2n) is 3.66. The quantitative estimate of drug-likeness (QED) is 0.742. The molecule has 1 aromatic heterocycles. The number of pyridine rings is 1. The Bertz CT molecular complexity index is 621. The van der Waals surface area contributed by atoms with Crippen LogP contribution >= 0.6 is 11.6 Å². The Morgan fingerprint density at radius 2 is 1.65 bits per heavy atom. The summed E-state index contributed by atoms with van der Waals surface area (Å²) in [7, 11) is 0. The van der Waals surface area contributed by atoms with Gasteiger partial charge in [-0.1, -0.05) is 17.7 Å². The Balaban J connectivity index is 2.36. The molecule has 0 aliphatic rings. The molecule has 0 unspecified atom stereocenters. The minimum Gasteiger partial charge on any atom is -0.433 e. The molecule has 2 aromatic rings. The first kappa shape index (κ1) is 14.5. The number of rotatable bonds is 2. The number of ether oxygens (including phenoxy) is 1. The van der Waals surface area contributed by atoms with Crippen molar-refractivity contribution >= 4 is 11.6 Å². The fourth-order valence-corrected chi connectivity index (χ4v) is 1.55. The van der Waals surface area contributed by atoms with E-state index < -0.39 is 35.1 Å². The van der Waals surface area contributed by atoms with E-state index in [0.29, 0.717) is 6.07 Å². The molecule has 0 fully saturated rings. The predicted octanol–water partition coefficient (Wildman–Crippen LogP) is 4.82. The number of benzene rings is 1. The van der Waals surface area contributed by atoms with Gasteiger partial charge in [-0.3, -0.25) is 0 Å². The van der Waals surface area contributed by atoms with Gasteiger partial charge in [0.1, 0.15) is 5.69 Å². The van der Waals surface area contributed by atoms with Gasteiger partial charge in [0.25, 0.3) is 0 Å². The molecule has 1 aromatic carbocycles. The lowest BCUT2D eigenvalue weighted by atomic mass is 10.3. The number of nitrogens with zero attached hydrogens (tertiary/aromatic N) is 1. The second-order valence-corrected chi connectivity index (χ2v) is 4.10. The first-order valence-corrected chi connectivity index (χ1v) is 5.52. The molecule has 0 bridgehead atoms. The lowest BCUT2D eigenvalue weighted by molar-refractivity contribution is -0.141. The van der Waals surface area contributed by atoms with Crippen molar-refractivity contribution in [2.75, 3.05) is 0 Å². The molecule has 0 spiro atoms. The van der Waals surface area contributed by atoms with Gasteiger partial charge in [-0.25, -0.2) is 13.8 Å². The lowest BCUT2D eigenvalue weighted by Crippen LogP contribution is -2.08. The molecular formula is C12H5ClF5NO. The van der Waals surface area contributed by atoms with E-state index in [1.807, 2.05) is 0 Å². The van der Waals surface area contributed by atoms with E-state index in [4.69, 9.17) is 16.3 Å². The molecule has 0 N–H and O–H groups in total. The summed E-state index contributed by atoms with van der Waals surface area (Å²) in [6, 6.07) is 4.31. The molecule has 8 heteroatoms. The van der Waals surface area contributed by atoms with Crippen LogP contribution in [0, 0.1) is 11.6 Å². The van der Waals surface area contributed by atoms with Crippen LogP contribution < -0.4 is 4.74 Å². The van der Waals surface area contributed by atoms with Gasteiger partial charge in [0.2, 0.25) is 11.6 Å². The Kier molecular flexibility index (Phi) is 3.80. The summed E-state index contributed by atoms with van der Waals surface area (Å²) in [6.07, 6.45) is -4.68. The van der Waals surface area contributed by atoms with Crippen LogP contribution in [0.15, 0.2) is 30.3 Å². The summed E-state index contributed by atoms with van der Waals surface area (Å²) in [5, 5.41) is -0.204. The van der Waals surface area contributed by atoms with Crippen LogP contribution in [0.5, 0.6) is 11.6 Å². The largest absolute Gasteiger partial charge is 0.433 e. The van der Waals surface area contributed by atoms with Crippen molar-refractivity contribution in [2.24, 2.45) is 0 Å². The zero-order valence-corrected chi connectivity index (χ0v) is 10.3. The summed E-state index contributed by atoms with van der Waals surface area (Å²) in [4.78, 5) is 3.13. The van der Waals surface area contributed by atoms with Gasteiger partial charge in [0.05, 0.1) is 0 Å². The monoisotopic (exact) mass is 309 g/mol. The van der Waals surface area contributed by atoms with Gasteiger partial charge < -0.3 is 4.74 Å². The van der Waals surface area contributed by atoms with Crippen LogP contribution in [-0.4, -0.2) is 4.98 Å². The Hall–Kier alpha value is -1.89. The normalized spacial score (nSPS) is 11.5. The third kappa shape index (κ3) is 3.16. The highest BCUT2D eigenvalue weighted by Gasteiger charge is 2.32. The molecule has 0 radical (unpaired) electrons. The summed E-state index contributed by atoms with van der Waals surface area (Å²) < 4.78 is 68.9. The number of aromatic nitrogens is 1. The second kappa shape index (κ2) is 5.24. The number of halogens is 6. The fourth-order valence-electron chi connectivity index (χ4n) is 1.36. The van der Waals surface area contributed by atoms with Crippen molar-refractivity contribution in [2.45, 2.75) is 6.18 Å². The zero-order valence-electron chi connectivity index (χ0n) is 9.51. The van der Waals surface area contributed by atoms with Crippen LogP contribution in [0.4, 0.5) is 22.0 Å². The molecule has 0 aliphatic carbocycles. The highest BCUT2D eigenvalue weighted by atomic mass is 35.5. The van der Waals surface area contributed by atoms with Gasteiger partial charge >= 0.3 is 6.18 Å². The van der Waals surface area contributed by atoms with Crippen molar-refractivity contribution in [1.29, 1.82) is 0 Å². The van der Waals surface area contributed by atoms with Gasteiger partial charge in [-0.2, -0.15) is 13.2 Å². The smallest absolute Gasteiger partial charge is 0.433 e. The van der Waals surface area contributed by atoms with Crippen LogP contribution in [0.25, 0.3) is 0 Å².